The minimum absolute atomic E-state index is 0.0958. The number of morpholine rings is 1. The quantitative estimate of drug-likeness (QED) is 0.233. The van der Waals surface area contributed by atoms with Crippen molar-refractivity contribution < 1.29 is 24.2 Å². The van der Waals surface area contributed by atoms with E-state index in [0.717, 1.165) is 43.8 Å². The lowest BCUT2D eigenvalue weighted by Crippen LogP contribution is -2.39. The van der Waals surface area contributed by atoms with E-state index in [1.54, 1.807) is 41.6 Å². The minimum atomic E-state index is -0.691. The fraction of sp³-hybridized carbons (Fsp3) is 0.464. The zero-order chi connectivity index (χ0) is 25.5. The maximum absolute atomic E-state index is 13.2. The SMILES string of the molecule is CCCCOc1ccc(C(O)=C2C(=O)C(=O)N(CCCN3CCOCC3)[C@H]2c2cccnc2)cc1C. The summed E-state index contributed by atoms with van der Waals surface area (Å²) < 4.78 is 11.2. The molecule has 1 aromatic heterocycles. The van der Waals surface area contributed by atoms with Crippen molar-refractivity contribution in [2.24, 2.45) is 0 Å². The molecule has 2 fully saturated rings. The third kappa shape index (κ3) is 5.77. The first-order valence-electron chi connectivity index (χ1n) is 12.7. The lowest BCUT2D eigenvalue weighted by molar-refractivity contribution is -0.140. The molecule has 0 spiro atoms. The number of aliphatic hydroxyl groups excluding tert-OH is 1. The normalized spacial score (nSPS) is 20.2. The standard InChI is InChI=1S/C28H35N3O5/c1-3-4-15-36-23-9-8-21(18-20(23)2)26(32)24-25(22-7-5-10-29-19-22)31(28(34)27(24)33)12-6-11-30-13-16-35-17-14-30/h5,7-10,18-19,25,32H,3-4,6,11-17H2,1-2H3/t25-/m0/s1. The molecule has 4 rings (SSSR count). The number of carbonyl (C=O) groups is 2. The van der Waals surface area contributed by atoms with Gasteiger partial charge in [-0.15, -0.1) is 0 Å². The number of aryl methyl sites for hydroxylation is 1. The summed E-state index contributed by atoms with van der Waals surface area (Å²) in [5.74, 6) is -0.703. The second kappa shape index (κ2) is 12.1. The number of pyridine rings is 1. The molecule has 2 aromatic rings. The number of unbranched alkanes of at least 4 members (excludes halogenated alkanes) is 1. The monoisotopic (exact) mass is 493 g/mol. The van der Waals surface area contributed by atoms with Gasteiger partial charge in [0.25, 0.3) is 11.7 Å². The van der Waals surface area contributed by atoms with E-state index in [2.05, 4.69) is 16.8 Å². The number of aliphatic hydroxyl groups is 1. The molecule has 8 heteroatoms. The van der Waals surface area contributed by atoms with Gasteiger partial charge >= 0.3 is 0 Å². The molecule has 2 aliphatic heterocycles. The Morgan fingerprint density at radius 1 is 1.17 bits per heavy atom. The predicted octanol–water partition coefficient (Wildman–Crippen LogP) is 3.71. The van der Waals surface area contributed by atoms with Crippen LogP contribution in [0.1, 0.15) is 48.9 Å². The highest BCUT2D eigenvalue weighted by Gasteiger charge is 2.46. The van der Waals surface area contributed by atoms with E-state index in [1.807, 2.05) is 13.0 Å². The van der Waals surface area contributed by atoms with E-state index in [4.69, 9.17) is 9.47 Å². The van der Waals surface area contributed by atoms with E-state index in [9.17, 15) is 14.7 Å². The fourth-order valence-electron chi connectivity index (χ4n) is 4.72. The van der Waals surface area contributed by atoms with Crippen molar-refractivity contribution in [3.05, 3.63) is 65.0 Å². The number of Topliss-reactive ketones (excluding diaryl/α,β-unsaturated/α-hetero) is 1. The van der Waals surface area contributed by atoms with Gasteiger partial charge in [0.2, 0.25) is 0 Å². The van der Waals surface area contributed by atoms with E-state index in [0.29, 0.717) is 43.9 Å². The van der Waals surface area contributed by atoms with Crippen LogP contribution in [-0.2, 0) is 14.3 Å². The Morgan fingerprint density at radius 3 is 2.67 bits per heavy atom. The highest BCUT2D eigenvalue weighted by atomic mass is 16.5. The fourth-order valence-corrected chi connectivity index (χ4v) is 4.72. The number of carbonyl (C=O) groups excluding carboxylic acids is 2. The van der Waals surface area contributed by atoms with Gasteiger partial charge < -0.3 is 19.5 Å². The molecule has 2 saturated heterocycles. The van der Waals surface area contributed by atoms with Gasteiger partial charge in [0, 0.05) is 44.1 Å². The first-order chi connectivity index (χ1) is 17.5. The molecule has 1 aromatic carbocycles. The number of amides is 1. The Labute approximate surface area is 212 Å². The maximum Gasteiger partial charge on any atom is 0.295 e. The zero-order valence-electron chi connectivity index (χ0n) is 21.1. The Hall–Kier alpha value is -3.23. The number of benzene rings is 1. The largest absolute Gasteiger partial charge is 0.507 e. The molecule has 1 amide bonds. The number of aromatic nitrogens is 1. The molecule has 0 bridgehead atoms. The highest BCUT2D eigenvalue weighted by molar-refractivity contribution is 6.46. The van der Waals surface area contributed by atoms with Gasteiger partial charge in [-0.2, -0.15) is 0 Å². The Bertz CT molecular complexity index is 1100. The molecule has 0 radical (unpaired) electrons. The molecule has 8 nitrogen and oxygen atoms in total. The Kier molecular flexibility index (Phi) is 8.72. The van der Waals surface area contributed by atoms with Gasteiger partial charge in [-0.25, -0.2) is 0 Å². The summed E-state index contributed by atoms with van der Waals surface area (Å²) in [6.45, 7) is 9.00. The van der Waals surface area contributed by atoms with E-state index in [1.165, 1.54) is 0 Å². The average molecular weight is 494 g/mol. The molecular formula is C28H35N3O5. The maximum atomic E-state index is 13.2. The summed E-state index contributed by atoms with van der Waals surface area (Å²) >= 11 is 0. The zero-order valence-corrected chi connectivity index (χ0v) is 21.1. The van der Waals surface area contributed by atoms with E-state index < -0.39 is 17.7 Å². The lowest BCUT2D eigenvalue weighted by Gasteiger charge is -2.29. The van der Waals surface area contributed by atoms with Gasteiger partial charge in [-0.3, -0.25) is 19.5 Å². The number of hydrogen-bond acceptors (Lipinski definition) is 7. The summed E-state index contributed by atoms with van der Waals surface area (Å²) in [6.07, 6.45) is 6.01. The minimum Gasteiger partial charge on any atom is -0.507 e. The summed E-state index contributed by atoms with van der Waals surface area (Å²) in [7, 11) is 0. The van der Waals surface area contributed by atoms with Crippen LogP contribution in [0.25, 0.3) is 5.76 Å². The van der Waals surface area contributed by atoms with Gasteiger partial charge in [0.15, 0.2) is 0 Å². The third-order valence-corrected chi connectivity index (χ3v) is 6.72. The molecule has 1 N–H and O–H groups in total. The number of ether oxygens (including phenoxy) is 2. The molecule has 0 aliphatic carbocycles. The Balaban J connectivity index is 1.62. The van der Waals surface area contributed by atoms with E-state index in [-0.39, 0.29) is 11.3 Å². The van der Waals surface area contributed by atoms with Gasteiger partial charge in [-0.05, 0) is 55.2 Å². The number of hydrogen-bond donors (Lipinski definition) is 1. The summed E-state index contributed by atoms with van der Waals surface area (Å²) in [6, 6.07) is 8.25. The summed E-state index contributed by atoms with van der Waals surface area (Å²) in [5, 5.41) is 11.3. The van der Waals surface area contributed by atoms with Crippen molar-refractivity contribution in [2.75, 3.05) is 46.0 Å². The van der Waals surface area contributed by atoms with Crippen molar-refractivity contribution >= 4 is 17.4 Å². The van der Waals surface area contributed by atoms with Crippen LogP contribution in [0.2, 0.25) is 0 Å². The highest BCUT2D eigenvalue weighted by Crippen LogP contribution is 2.39. The van der Waals surface area contributed by atoms with Gasteiger partial charge in [0.05, 0.1) is 31.4 Å². The van der Waals surface area contributed by atoms with Crippen LogP contribution in [-0.4, -0.2) is 77.6 Å². The first kappa shape index (κ1) is 25.9. The molecule has 2 aliphatic rings. The van der Waals surface area contributed by atoms with E-state index >= 15 is 0 Å². The van der Waals surface area contributed by atoms with Crippen molar-refractivity contribution in [1.82, 2.24) is 14.8 Å². The topological polar surface area (TPSA) is 92.2 Å². The summed E-state index contributed by atoms with van der Waals surface area (Å²) in [5.41, 5.74) is 2.13. The van der Waals surface area contributed by atoms with Crippen LogP contribution in [0.5, 0.6) is 5.75 Å². The smallest absolute Gasteiger partial charge is 0.295 e. The van der Waals surface area contributed by atoms with Crippen molar-refractivity contribution in [2.45, 2.75) is 39.2 Å². The molecule has 36 heavy (non-hydrogen) atoms. The second-order valence-corrected chi connectivity index (χ2v) is 9.27. The number of ketones is 1. The number of nitrogens with zero attached hydrogens (tertiary/aromatic N) is 3. The van der Waals surface area contributed by atoms with Crippen molar-refractivity contribution in [3.8, 4) is 5.75 Å². The first-order valence-corrected chi connectivity index (χ1v) is 12.7. The van der Waals surface area contributed by atoms with Gasteiger partial charge in [0.1, 0.15) is 11.5 Å². The van der Waals surface area contributed by atoms with Crippen molar-refractivity contribution in [3.63, 3.8) is 0 Å². The Morgan fingerprint density at radius 2 is 1.97 bits per heavy atom. The molecule has 192 valence electrons. The molecular weight excluding hydrogens is 458 g/mol. The van der Waals surface area contributed by atoms with Crippen LogP contribution < -0.4 is 4.74 Å². The molecule has 1 atom stereocenters. The van der Waals surface area contributed by atoms with Crippen LogP contribution >= 0.6 is 0 Å². The van der Waals surface area contributed by atoms with Crippen LogP contribution in [0, 0.1) is 6.92 Å². The molecule has 3 heterocycles. The van der Waals surface area contributed by atoms with Crippen LogP contribution in [0.3, 0.4) is 0 Å². The van der Waals surface area contributed by atoms with Crippen LogP contribution in [0.15, 0.2) is 48.3 Å². The second-order valence-electron chi connectivity index (χ2n) is 9.27. The summed E-state index contributed by atoms with van der Waals surface area (Å²) in [4.78, 5) is 34.4. The molecule has 0 saturated carbocycles. The van der Waals surface area contributed by atoms with Crippen molar-refractivity contribution in [1.29, 1.82) is 0 Å². The van der Waals surface area contributed by atoms with Crippen LogP contribution in [0.4, 0.5) is 0 Å². The number of likely N-dealkylation sites (tertiary alicyclic amines) is 1. The van der Waals surface area contributed by atoms with Gasteiger partial charge in [-0.1, -0.05) is 19.4 Å². The average Bonchev–Trinajstić information content (AvgIpc) is 3.15. The predicted molar refractivity (Wildman–Crippen MR) is 137 cm³/mol. The molecule has 0 unspecified atom stereocenters. The third-order valence-electron chi connectivity index (χ3n) is 6.72. The lowest BCUT2D eigenvalue weighted by atomic mass is 9.95. The number of rotatable bonds is 10.